The molecule has 168 valence electrons. The monoisotopic (exact) mass is 439 g/mol. The molecule has 4 heteroatoms. The van der Waals surface area contributed by atoms with Crippen molar-refractivity contribution in [2.75, 3.05) is 6.61 Å². The van der Waals surface area contributed by atoms with Gasteiger partial charge in [-0.15, -0.1) is 0 Å². The number of benzene rings is 3. The molecular formula is C29H29NO3. The molecule has 1 aromatic heterocycles. The zero-order valence-corrected chi connectivity index (χ0v) is 19.9. The van der Waals surface area contributed by atoms with E-state index in [1.54, 1.807) is 6.92 Å². The fraction of sp³-hybridized carbons (Fsp3) is 0.310. The molecule has 0 spiro atoms. The Bertz CT molecular complexity index is 1390. The smallest absolute Gasteiger partial charge is 0.163 e. The summed E-state index contributed by atoms with van der Waals surface area (Å²) in [6.07, 6.45) is 2.06. The van der Waals surface area contributed by atoms with E-state index in [0.29, 0.717) is 6.61 Å². The number of fused-ring (bicyclic) bond motifs is 1. The summed E-state index contributed by atoms with van der Waals surface area (Å²) in [4.78, 5) is 17.8. The zero-order valence-electron chi connectivity index (χ0n) is 19.9. The molecule has 4 aromatic rings. The van der Waals surface area contributed by atoms with Gasteiger partial charge >= 0.3 is 0 Å². The Kier molecular flexibility index (Phi) is 5.21. The van der Waals surface area contributed by atoms with E-state index in [-0.39, 0.29) is 5.78 Å². The summed E-state index contributed by atoms with van der Waals surface area (Å²) in [6, 6.07) is 16.7. The lowest BCUT2D eigenvalue weighted by Crippen LogP contribution is -2.27. The van der Waals surface area contributed by atoms with Crippen molar-refractivity contribution in [3.05, 3.63) is 71.4 Å². The van der Waals surface area contributed by atoms with Crippen molar-refractivity contribution in [3.63, 3.8) is 0 Å². The second-order valence-electron chi connectivity index (χ2n) is 9.83. The molecule has 0 bridgehead atoms. The van der Waals surface area contributed by atoms with Gasteiger partial charge in [0, 0.05) is 23.6 Å². The number of aromatic nitrogens is 1. The van der Waals surface area contributed by atoms with Crippen molar-refractivity contribution in [3.8, 4) is 16.9 Å². The maximum absolute atomic E-state index is 13.0. The van der Waals surface area contributed by atoms with E-state index in [2.05, 4.69) is 37.3 Å². The molecule has 33 heavy (non-hydrogen) atoms. The highest BCUT2D eigenvalue weighted by Crippen LogP contribution is 2.45. The van der Waals surface area contributed by atoms with Crippen LogP contribution in [0.4, 0.5) is 0 Å². The van der Waals surface area contributed by atoms with Crippen LogP contribution in [0.15, 0.2) is 54.7 Å². The lowest BCUT2D eigenvalue weighted by atomic mass is 9.85. The van der Waals surface area contributed by atoms with Crippen LogP contribution in [0.5, 0.6) is 5.75 Å². The van der Waals surface area contributed by atoms with Crippen LogP contribution in [-0.4, -0.2) is 23.0 Å². The van der Waals surface area contributed by atoms with Crippen LogP contribution < -0.4 is 4.74 Å². The summed E-state index contributed by atoms with van der Waals surface area (Å²) in [7, 11) is 0. The maximum atomic E-state index is 13.0. The largest absolute Gasteiger partial charge is 0.493 e. The van der Waals surface area contributed by atoms with Crippen LogP contribution in [0, 0.1) is 6.92 Å². The van der Waals surface area contributed by atoms with Gasteiger partial charge in [-0.2, -0.15) is 0 Å². The number of carbonyl (C=O) groups is 1. The molecule has 0 fully saturated rings. The number of ether oxygens (including phenoxy) is 2. The lowest BCUT2D eigenvalue weighted by molar-refractivity contribution is -0.138. The van der Waals surface area contributed by atoms with Crippen molar-refractivity contribution in [2.45, 2.75) is 52.7 Å². The Morgan fingerprint density at radius 2 is 1.91 bits per heavy atom. The van der Waals surface area contributed by atoms with E-state index < -0.39 is 11.7 Å². The van der Waals surface area contributed by atoms with Crippen LogP contribution in [-0.2, 0) is 16.0 Å². The molecule has 3 aromatic carbocycles. The molecular weight excluding hydrogens is 410 g/mol. The summed E-state index contributed by atoms with van der Waals surface area (Å²) in [6.45, 7) is 10.3. The van der Waals surface area contributed by atoms with Crippen LogP contribution in [0.3, 0.4) is 0 Å². The summed E-state index contributed by atoms with van der Waals surface area (Å²) in [5, 5.41) is 3.28. The first kappa shape index (κ1) is 21.6. The van der Waals surface area contributed by atoms with E-state index >= 15 is 0 Å². The molecule has 0 saturated heterocycles. The molecule has 4 nitrogen and oxygen atoms in total. The van der Waals surface area contributed by atoms with Crippen molar-refractivity contribution >= 4 is 27.5 Å². The van der Waals surface area contributed by atoms with Gasteiger partial charge in [-0.3, -0.25) is 9.78 Å². The minimum Gasteiger partial charge on any atom is -0.493 e. The molecule has 1 aliphatic rings. The van der Waals surface area contributed by atoms with Gasteiger partial charge in [0.25, 0.3) is 0 Å². The molecule has 0 unspecified atom stereocenters. The van der Waals surface area contributed by atoms with Crippen LogP contribution in [0.2, 0.25) is 0 Å². The topological polar surface area (TPSA) is 48.4 Å². The third-order valence-electron chi connectivity index (χ3n) is 6.24. The number of rotatable bonds is 4. The highest BCUT2D eigenvalue weighted by molar-refractivity contribution is 6.09. The Morgan fingerprint density at radius 1 is 1.12 bits per heavy atom. The number of pyridine rings is 1. The highest BCUT2D eigenvalue weighted by Gasteiger charge is 2.30. The van der Waals surface area contributed by atoms with E-state index in [4.69, 9.17) is 14.5 Å². The third kappa shape index (κ3) is 3.79. The first-order chi connectivity index (χ1) is 15.7. The SMILES string of the molecule is CC(=O)[C@@H](OC(C)(C)C)c1c(C)cc2ccccc2c1-c1ccc2c3c(ccnc13)CCO2. The van der Waals surface area contributed by atoms with Crippen molar-refractivity contribution < 1.29 is 14.3 Å². The predicted octanol–water partition coefficient (Wildman–Crippen LogP) is 6.74. The second-order valence-corrected chi connectivity index (χ2v) is 9.83. The summed E-state index contributed by atoms with van der Waals surface area (Å²) < 4.78 is 12.3. The Hall–Kier alpha value is -3.24. The lowest BCUT2D eigenvalue weighted by Gasteiger charge is -2.30. The molecule has 2 heterocycles. The maximum Gasteiger partial charge on any atom is 0.163 e. The summed E-state index contributed by atoms with van der Waals surface area (Å²) in [5.74, 6) is 0.860. The van der Waals surface area contributed by atoms with Crippen LogP contribution in [0.1, 0.15) is 50.5 Å². The third-order valence-corrected chi connectivity index (χ3v) is 6.24. The first-order valence-corrected chi connectivity index (χ1v) is 11.5. The normalized spacial score (nSPS) is 14.3. The highest BCUT2D eigenvalue weighted by atomic mass is 16.5. The molecule has 1 aliphatic heterocycles. The number of carbonyl (C=O) groups excluding carboxylic acids is 1. The van der Waals surface area contributed by atoms with Gasteiger partial charge < -0.3 is 9.47 Å². The quantitative estimate of drug-likeness (QED) is 0.353. The molecule has 0 N–H and O–H groups in total. The van der Waals surface area contributed by atoms with Crippen molar-refractivity contribution in [1.29, 1.82) is 0 Å². The molecule has 0 amide bonds. The summed E-state index contributed by atoms with van der Waals surface area (Å²) >= 11 is 0. The van der Waals surface area contributed by atoms with Crippen LogP contribution >= 0.6 is 0 Å². The van der Waals surface area contributed by atoms with Gasteiger partial charge in [-0.1, -0.05) is 30.3 Å². The molecule has 0 aliphatic carbocycles. The van der Waals surface area contributed by atoms with Gasteiger partial charge in [0.1, 0.15) is 11.9 Å². The minimum absolute atomic E-state index is 0.0106. The second kappa shape index (κ2) is 7.96. The molecule has 5 rings (SSSR count). The van der Waals surface area contributed by atoms with E-state index in [9.17, 15) is 4.79 Å². The Morgan fingerprint density at radius 3 is 2.67 bits per heavy atom. The number of hydrogen-bond acceptors (Lipinski definition) is 4. The summed E-state index contributed by atoms with van der Waals surface area (Å²) in [5.41, 5.74) is 5.63. The number of Topliss-reactive ketones (excluding diaryl/α,β-unsaturated/α-hetero) is 1. The van der Waals surface area contributed by atoms with Gasteiger partial charge in [-0.25, -0.2) is 0 Å². The van der Waals surface area contributed by atoms with E-state index in [1.807, 2.05) is 45.2 Å². The van der Waals surface area contributed by atoms with Gasteiger partial charge in [0.05, 0.1) is 17.7 Å². The Balaban J connectivity index is 1.90. The van der Waals surface area contributed by atoms with Crippen molar-refractivity contribution in [1.82, 2.24) is 4.98 Å². The number of nitrogens with zero attached hydrogens (tertiary/aromatic N) is 1. The van der Waals surface area contributed by atoms with Gasteiger partial charge in [-0.05, 0) is 85.8 Å². The van der Waals surface area contributed by atoms with Gasteiger partial charge in [0.2, 0.25) is 0 Å². The Labute approximate surface area is 194 Å². The number of aryl methyl sites for hydroxylation is 1. The molecule has 0 radical (unpaired) electrons. The van der Waals surface area contributed by atoms with E-state index in [1.165, 1.54) is 5.56 Å². The first-order valence-electron chi connectivity index (χ1n) is 11.5. The predicted molar refractivity (Wildman–Crippen MR) is 133 cm³/mol. The van der Waals surface area contributed by atoms with Crippen molar-refractivity contribution in [2.24, 2.45) is 0 Å². The fourth-order valence-corrected chi connectivity index (χ4v) is 4.93. The standard InChI is InChI=1S/C29H29NO3/c1-17-16-20-8-6-7-9-21(20)26(24(17)28(18(2)31)33-29(3,4)5)22-10-11-23-25-19(13-15-32-23)12-14-30-27(22)25/h6-12,14,16,28H,13,15H2,1-5H3/t28-/m1/s1. The van der Waals surface area contributed by atoms with E-state index in [0.717, 1.165) is 56.1 Å². The van der Waals surface area contributed by atoms with Gasteiger partial charge in [0.15, 0.2) is 5.78 Å². The fourth-order valence-electron chi connectivity index (χ4n) is 4.93. The number of hydrogen-bond donors (Lipinski definition) is 0. The average molecular weight is 440 g/mol. The molecule has 0 saturated carbocycles. The minimum atomic E-state index is -0.674. The number of ketones is 1. The average Bonchev–Trinajstić information content (AvgIpc) is 2.77. The molecule has 1 atom stereocenters. The zero-order chi connectivity index (χ0) is 23.3. The van der Waals surface area contributed by atoms with Crippen LogP contribution in [0.25, 0.3) is 32.8 Å².